The summed E-state index contributed by atoms with van der Waals surface area (Å²) in [5.74, 6) is -12.7. The Labute approximate surface area is 118 Å². The van der Waals surface area contributed by atoms with Crippen molar-refractivity contribution in [2.45, 2.75) is 0 Å². The van der Waals surface area contributed by atoms with Crippen LogP contribution in [0.2, 0.25) is 5.15 Å². The fraction of sp³-hybridized carbons (Fsp3) is 0. The molecule has 0 aliphatic rings. The van der Waals surface area contributed by atoms with Gasteiger partial charge >= 0.3 is 5.97 Å². The fourth-order valence-corrected chi connectivity index (χ4v) is 1.81. The average molecular weight is 324 g/mol. The topological polar surface area (TPSA) is 50.2 Å². The summed E-state index contributed by atoms with van der Waals surface area (Å²) >= 11 is 5.45. The lowest BCUT2D eigenvalue weighted by atomic mass is 10.0. The number of pyridine rings is 1. The minimum absolute atomic E-state index is 0.319. The van der Waals surface area contributed by atoms with Gasteiger partial charge in [0.1, 0.15) is 5.15 Å². The standard InChI is InChI=1S/C12H3ClF5NO2/c13-5-1-3(12(20)21)4(2-19-5)6-7(14)9(16)11(18)10(17)8(6)15/h1-2H,(H,20,21). The second kappa shape index (κ2) is 5.28. The highest BCUT2D eigenvalue weighted by atomic mass is 35.5. The monoisotopic (exact) mass is 323 g/mol. The quantitative estimate of drug-likeness (QED) is 0.396. The number of benzene rings is 1. The number of carboxylic acid groups (broad SMARTS) is 1. The molecule has 0 fully saturated rings. The van der Waals surface area contributed by atoms with Crippen LogP contribution in [0.15, 0.2) is 12.3 Å². The van der Waals surface area contributed by atoms with Gasteiger partial charge in [0.25, 0.3) is 0 Å². The van der Waals surface area contributed by atoms with E-state index in [0.717, 1.165) is 6.07 Å². The zero-order valence-corrected chi connectivity index (χ0v) is 10.5. The van der Waals surface area contributed by atoms with E-state index < -0.39 is 51.7 Å². The van der Waals surface area contributed by atoms with Crippen molar-refractivity contribution in [3.05, 3.63) is 52.1 Å². The van der Waals surface area contributed by atoms with Gasteiger partial charge in [-0.05, 0) is 6.07 Å². The molecule has 3 nitrogen and oxygen atoms in total. The number of hydrogen-bond acceptors (Lipinski definition) is 2. The van der Waals surface area contributed by atoms with Gasteiger partial charge in [0.2, 0.25) is 5.82 Å². The highest BCUT2D eigenvalue weighted by molar-refractivity contribution is 6.29. The molecular weight excluding hydrogens is 321 g/mol. The van der Waals surface area contributed by atoms with Crippen LogP contribution in [0.3, 0.4) is 0 Å². The summed E-state index contributed by atoms with van der Waals surface area (Å²) in [7, 11) is 0. The SMILES string of the molecule is O=C(O)c1cc(Cl)ncc1-c1c(F)c(F)c(F)c(F)c1F. The summed E-state index contributed by atoms with van der Waals surface area (Å²) in [5.41, 5.74) is -2.91. The first kappa shape index (κ1) is 15.2. The molecule has 0 saturated carbocycles. The van der Waals surface area contributed by atoms with Gasteiger partial charge in [-0.1, -0.05) is 11.6 Å². The van der Waals surface area contributed by atoms with E-state index >= 15 is 0 Å². The smallest absolute Gasteiger partial charge is 0.336 e. The van der Waals surface area contributed by atoms with Gasteiger partial charge < -0.3 is 5.11 Å². The Morgan fingerprint density at radius 3 is 1.95 bits per heavy atom. The van der Waals surface area contributed by atoms with Crippen molar-refractivity contribution in [2.24, 2.45) is 0 Å². The minimum atomic E-state index is -2.34. The van der Waals surface area contributed by atoms with Crippen molar-refractivity contribution in [2.75, 3.05) is 0 Å². The second-order valence-electron chi connectivity index (χ2n) is 3.80. The molecule has 0 saturated heterocycles. The molecule has 0 aliphatic heterocycles. The number of aromatic carboxylic acids is 1. The van der Waals surface area contributed by atoms with Crippen molar-refractivity contribution in [3.63, 3.8) is 0 Å². The van der Waals surface area contributed by atoms with Crippen LogP contribution in [-0.2, 0) is 0 Å². The molecular formula is C12H3ClF5NO2. The largest absolute Gasteiger partial charge is 0.478 e. The first-order valence-electron chi connectivity index (χ1n) is 5.16. The number of aromatic nitrogens is 1. The maximum absolute atomic E-state index is 13.7. The van der Waals surface area contributed by atoms with Crippen molar-refractivity contribution in [3.8, 4) is 11.1 Å². The lowest BCUT2D eigenvalue weighted by Gasteiger charge is -2.10. The van der Waals surface area contributed by atoms with Crippen molar-refractivity contribution in [1.82, 2.24) is 4.98 Å². The van der Waals surface area contributed by atoms with Crippen LogP contribution < -0.4 is 0 Å². The molecule has 9 heteroatoms. The Hall–Kier alpha value is -2.22. The number of carbonyl (C=O) groups is 1. The number of halogens is 6. The highest BCUT2D eigenvalue weighted by Gasteiger charge is 2.29. The van der Waals surface area contributed by atoms with Gasteiger partial charge in [0.05, 0.1) is 11.1 Å². The molecule has 0 amide bonds. The molecule has 1 aromatic heterocycles. The zero-order chi connectivity index (χ0) is 15.9. The lowest BCUT2D eigenvalue weighted by Crippen LogP contribution is -2.08. The van der Waals surface area contributed by atoms with Crippen LogP contribution in [0.25, 0.3) is 11.1 Å². The van der Waals surface area contributed by atoms with Crippen molar-refractivity contribution in [1.29, 1.82) is 0 Å². The van der Waals surface area contributed by atoms with E-state index in [1.165, 1.54) is 0 Å². The van der Waals surface area contributed by atoms with Crippen LogP contribution in [0.4, 0.5) is 22.0 Å². The second-order valence-corrected chi connectivity index (χ2v) is 4.19. The number of nitrogens with zero attached hydrogens (tertiary/aromatic N) is 1. The molecule has 2 aromatic rings. The third-order valence-electron chi connectivity index (χ3n) is 2.58. The van der Waals surface area contributed by atoms with Crippen molar-refractivity contribution >= 4 is 17.6 Å². The van der Waals surface area contributed by atoms with Crippen LogP contribution in [-0.4, -0.2) is 16.1 Å². The van der Waals surface area contributed by atoms with E-state index in [2.05, 4.69) is 4.98 Å². The summed E-state index contributed by atoms with van der Waals surface area (Å²) < 4.78 is 66.6. The molecule has 0 radical (unpaired) electrons. The lowest BCUT2D eigenvalue weighted by molar-refractivity contribution is 0.0697. The summed E-state index contributed by atoms with van der Waals surface area (Å²) in [6.07, 6.45) is 0.615. The first-order valence-corrected chi connectivity index (χ1v) is 5.54. The molecule has 21 heavy (non-hydrogen) atoms. The molecule has 1 aromatic carbocycles. The molecule has 0 unspecified atom stereocenters. The summed E-state index contributed by atoms with van der Waals surface area (Å²) in [5, 5.41) is 8.61. The van der Waals surface area contributed by atoms with Crippen LogP contribution in [0.5, 0.6) is 0 Å². The summed E-state index contributed by atoms with van der Waals surface area (Å²) in [6, 6.07) is 0.733. The van der Waals surface area contributed by atoms with E-state index in [1.54, 1.807) is 0 Å². The minimum Gasteiger partial charge on any atom is -0.478 e. The Balaban J connectivity index is 2.89. The van der Waals surface area contributed by atoms with Crippen LogP contribution >= 0.6 is 11.6 Å². The summed E-state index contributed by atoms with van der Waals surface area (Å²) in [6.45, 7) is 0. The van der Waals surface area contributed by atoms with Gasteiger partial charge in [-0.3, -0.25) is 0 Å². The third kappa shape index (κ3) is 2.42. The summed E-state index contributed by atoms with van der Waals surface area (Å²) in [4.78, 5) is 14.4. The molecule has 0 atom stereocenters. The number of rotatable bonds is 2. The van der Waals surface area contributed by atoms with E-state index in [1.807, 2.05) is 0 Å². The van der Waals surface area contributed by atoms with Gasteiger partial charge in [0, 0.05) is 11.8 Å². The predicted molar refractivity (Wildman–Crippen MR) is 61.4 cm³/mol. The zero-order valence-electron chi connectivity index (χ0n) is 9.73. The normalized spacial score (nSPS) is 10.8. The van der Waals surface area contributed by atoms with Gasteiger partial charge in [-0.25, -0.2) is 31.7 Å². The molecule has 1 N–H and O–H groups in total. The van der Waals surface area contributed by atoms with Gasteiger partial charge in [-0.15, -0.1) is 0 Å². The van der Waals surface area contributed by atoms with E-state index in [0.29, 0.717) is 6.20 Å². The van der Waals surface area contributed by atoms with E-state index in [4.69, 9.17) is 16.7 Å². The molecule has 1 heterocycles. The van der Waals surface area contributed by atoms with E-state index in [9.17, 15) is 26.7 Å². The Kier molecular flexibility index (Phi) is 3.82. The molecule has 0 bridgehead atoms. The van der Waals surface area contributed by atoms with Crippen LogP contribution in [0.1, 0.15) is 10.4 Å². The maximum Gasteiger partial charge on any atom is 0.336 e. The van der Waals surface area contributed by atoms with Crippen molar-refractivity contribution < 1.29 is 31.9 Å². The number of carboxylic acids is 1. The van der Waals surface area contributed by atoms with Gasteiger partial charge in [-0.2, -0.15) is 0 Å². The number of hydrogen-bond donors (Lipinski definition) is 1. The van der Waals surface area contributed by atoms with E-state index in [-0.39, 0.29) is 5.15 Å². The molecule has 0 spiro atoms. The molecule has 110 valence electrons. The Morgan fingerprint density at radius 2 is 1.48 bits per heavy atom. The third-order valence-corrected chi connectivity index (χ3v) is 2.79. The Morgan fingerprint density at radius 1 is 1.00 bits per heavy atom. The highest BCUT2D eigenvalue weighted by Crippen LogP contribution is 2.33. The van der Waals surface area contributed by atoms with Gasteiger partial charge in [0.15, 0.2) is 23.3 Å². The predicted octanol–water partition coefficient (Wildman–Crippen LogP) is 3.80. The van der Waals surface area contributed by atoms with Crippen LogP contribution in [0, 0.1) is 29.1 Å². The molecule has 0 aliphatic carbocycles. The molecule has 2 rings (SSSR count). The average Bonchev–Trinajstić information content (AvgIpc) is 2.44. The Bertz CT molecular complexity index is 737. The maximum atomic E-state index is 13.7. The first-order chi connectivity index (χ1) is 9.75. The fourth-order valence-electron chi connectivity index (χ4n) is 1.65.